The summed E-state index contributed by atoms with van der Waals surface area (Å²) < 4.78 is 6.78. The number of aryl methyl sites for hydroxylation is 1. The third kappa shape index (κ3) is 3.49. The zero-order chi connectivity index (χ0) is 17.4. The summed E-state index contributed by atoms with van der Waals surface area (Å²) in [5.41, 5.74) is 2.49. The van der Waals surface area contributed by atoms with Crippen LogP contribution >= 0.6 is 0 Å². The minimum atomic E-state index is -0.0346. The van der Waals surface area contributed by atoms with Crippen LogP contribution in [0.1, 0.15) is 24.2 Å². The highest BCUT2D eigenvalue weighted by atomic mass is 16.5. The molecule has 5 heterocycles. The maximum atomic E-state index is 12.3. The van der Waals surface area contributed by atoms with Crippen molar-refractivity contribution >= 4 is 5.65 Å². The largest absolute Gasteiger partial charge is 0.383 e. The Morgan fingerprint density at radius 2 is 2.16 bits per heavy atom. The van der Waals surface area contributed by atoms with Crippen LogP contribution in [0.15, 0.2) is 16.9 Å². The van der Waals surface area contributed by atoms with E-state index < -0.39 is 0 Å². The number of nitrogens with zero attached hydrogens (tertiary/aromatic N) is 4. The van der Waals surface area contributed by atoms with Gasteiger partial charge >= 0.3 is 0 Å². The topological polar surface area (TPSA) is 65.9 Å². The Morgan fingerprint density at radius 1 is 1.28 bits per heavy atom. The van der Waals surface area contributed by atoms with Crippen LogP contribution in [-0.4, -0.2) is 70.3 Å². The van der Waals surface area contributed by atoms with Gasteiger partial charge in [-0.15, -0.1) is 0 Å². The lowest BCUT2D eigenvalue weighted by Gasteiger charge is -2.35. The van der Waals surface area contributed by atoms with Crippen molar-refractivity contribution in [3.05, 3.63) is 33.9 Å². The number of H-pyrrole nitrogens is 1. The first kappa shape index (κ1) is 16.8. The zero-order valence-corrected chi connectivity index (χ0v) is 15.1. The van der Waals surface area contributed by atoms with Gasteiger partial charge in [-0.1, -0.05) is 0 Å². The quantitative estimate of drug-likeness (QED) is 0.871. The minimum Gasteiger partial charge on any atom is -0.383 e. The summed E-state index contributed by atoms with van der Waals surface area (Å²) in [7, 11) is 1.77. The Balaban J connectivity index is 1.50. The average molecular weight is 345 g/mol. The number of rotatable bonds is 5. The van der Waals surface area contributed by atoms with Crippen LogP contribution in [0.5, 0.6) is 0 Å². The molecular formula is C18H27N5O2. The molecule has 3 aliphatic heterocycles. The first-order valence-corrected chi connectivity index (χ1v) is 9.16. The SMILES string of the molecule is COCCN1C[C@@H]2CC[C@H]1CN(Cc1cc(=O)n3[nH]c(C)cc3n1)C2. The third-order valence-corrected chi connectivity index (χ3v) is 5.50. The van der Waals surface area contributed by atoms with Crippen molar-refractivity contribution in [2.75, 3.05) is 39.9 Å². The summed E-state index contributed by atoms with van der Waals surface area (Å²) in [4.78, 5) is 22.0. The molecule has 5 rings (SSSR count). The van der Waals surface area contributed by atoms with Gasteiger partial charge in [-0.2, -0.15) is 0 Å². The molecule has 7 heteroatoms. The second-order valence-electron chi connectivity index (χ2n) is 7.50. The molecule has 0 radical (unpaired) electrons. The second kappa shape index (κ2) is 6.90. The molecule has 0 saturated carbocycles. The number of piperidine rings is 1. The highest BCUT2D eigenvalue weighted by Gasteiger charge is 2.34. The predicted octanol–water partition coefficient (Wildman–Crippen LogP) is 0.874. The number of ether oxygens (including phenoxy) is 1. The van der Waals surface area contributed by atoms with Gasteiger partial charge in [0.2, 0.25) is 0 Å². The molecular weight excluding hydrogens is 318 g/mol. The maximum Gasteiger partial charge on any atom is 0.272 e. The number of aromatic amines is 1. The van der Waals surface area contributed by atoms with Crippen molar-refractivity contribution in [1.29, 1.82) is 0 Å². The van der Waals surface area contributed by atoms with E-state index in [4.69, 9.17) is 4.74 Å². The molecule has 2 atom stereocenters. The van der Waals surface area contributed by atoms with Gasteiger partial charge in [-0.3, -0.25) is 19.7 Å². The molecule has 25 heavy (non-hydrogen) atoms. The van der Waals surface area contributed by atoms with Crippen molar-refractivity contribution in [3.8, 4) is 0 Å². The number of methoxy groups -OCH3 is 1. The lowest BCUT2D eigenvalue weighted by atomic mass is 9.95. The molecule has 1 N–H and O–H groups in total. The van der Waals surface area contributed by atoms with Crippen LogP contribution in [0.2, 0.25) is 0 Å². The Bertz CT molecular complexity index is 798. The van der Waals surface area contributed by atoms with Crippen molar-refractivity contribution in [2.24, 2.45) is 5.92 Å². The van der Waals surface area contributed by atoms with Crippen LogP contribution in [-0.2, 0) is 11.3 Å². The first-order chi connectivity index (χ1) is 12.1. The summed E-state index contributed by atoms with van der Waals surface area (Å²) in [5, 5.41) is 3.03. The van der Waals surface area contributed by atoms with E-state index in [0.29, 0.717) is 17.6 Å². The molecule has 2 bridgehead atoms. The Morgan fingerprint density at radius 3 is 3.00 bits per heavy atom. The highest BCUT2D eigenvalue weighted by molar-refractivity contribution is 5.39. The monoisotopic (exact) mass is 345 g/mol. The number of hydrogen-bond acceptors (Lipinski definition) is 5. The Labute approximate surface area is 147 Å². The summed E-state index contributed by atoms with van der Waals surface area (Å²) in [6.07, 6.45) is 2.56. The molecule has 0 aromatic carbocycles. The van der Waals surface area contributed by atoms with Crippen LogP contribution in [0.3, 0.4) is 0 Å². The van der Waals surface area contributed by atoms with Crippen LogP contribution < -0.4 is 5.56 Å². The molecule has 0 spiro atoms. The van der Waals surface area contributed by atoms with Crippen molar-refractivity contribution < 1.29 is 4.74 Å². The predicted molar refractivity (Wildman–Crippen MR) is 95.8 cm³/mol. The standard InChI is InChI=1S/C18H27N5O2/c1-13-7-17-19-15(8-18(24)23(17)20-13)11-21-9-14-3-4-16(12-21)22(10-14)5-6-25-2/h7-8,14,16,20H,3-6,9-12H2,1-2H3/t14-,16+/m1/s1. The second-order valence-corrected chi connectivity index (χ2v) is 7.50. The molecule has 3 fully saturated rings. The lowest BCUT2D eigenvalue weighted by Crippen LogP contribution is -2.45. The third-order valence-electron chi connectivity index (χ3n) is 5.50. The van der Waals surface area contributed by atoms with Gasteiger partial charge in [0.15, 0.2) is 5.65 Å². The lowest BCUT2D eigenvalue weighted by molar-refractivity contribution is 0.0867. The van der Waals surface area contributed by atoms with Gasteiger partial charge in [0.05, 0.1) is 12.3 Å². The molecule has 136 valence electrons. The maximum absolute atomic E-state index is 12.3. The van der Waals surface area contributed by atoms with Gasteiger partial charge in [0.25, 0.3) is 5.56 Å². The van der Waals surface area contributed by atoms with Crippen molar-refractivity contribution in [1.82, 2.24) is 24.4 Å². The molecule has 0 unspecified atom stereocenters. The van der Waals surface area contributed by atoms with E-state index in [0.717, 1.165) is 50.7 Å². The van der Waals surface area contributed by atoms with E-state index in [-0.39, 0.29) is 5.56 Å². The molecule has 7 nitrogen and oxygen atoms in total. The van der Waals surface area contributed by atoms with E-state index in [2.05, 4.69) is 19.9 Å². The number of fused-ring (bicyclic) bond motifs is 5. The van der Waals surface area contributed by atoms with E-state index >= 15 is 0 Å². The molecule has 2 aromatic rings. The molecule has 0 aliphatic carbocycles. The fourth-order valence-electron chi connectivity index (χ4n) is 4.36. The van der Waals surface area contributed by atoms with Gasteiger partial charge in [0, 0.05) is 63.7 Å². The van der Waals surface area contributed by atoms with Crippen LogP contribution in [0, 0.1) is 12.8 Å². The van der Waals surface area contributed by atoms with Crippen LogP contribution in [0.4, 0.5) is 0 Å². The average Bonchev–Trinajstić information content (AvgIpc) is 2.75. The van der Waals surface area contributed by atoms with Crippen LogP contribution in [0.25, 0.3) is 5.65 Å². The molecule has 3 aliphatic rings. The number of aromatic nitrogens is 3. The van der Waals surface area contributed by atoms with Crippen molar-refractivity contribution in [2.45, 2.75) is 32.4 Å². The highest BCUT2D eigenvalue weighted by Crippen LogP contribution is 2.28. The Hall–Kier alpha value is -1.70. The van der Waals surface area contributed by atoms with E-state index in [1.54, 1.807) is 13.2 Å². The number of hydrogen-bond donors (Lipinski definition) is 1. The smallest absolute Gasteiger partial charge is 0.272 e. The summed E-state index contributed by atoms with van der Waals surface area (Å²) in [5.74, 6) is 0.704. The summed E-state index contributed by atoms with van der Waals surface area (Å²) >= 11 is 0. The molecule has 3 saturated heterocycles. The van der Waals surface area contributed by atoms with Gasteiger partial charge in [0.1, 0.15) is 0 Å². The zero-order valence-electron chi connectivity index (χ0n) is 15.1. The van der Waals surface area contributed by atoms with Crippen molar-refractivity contribution in [3.63, 3.8) is 0 Å². The van der Waals surface area contributed by atoms with Gasteiger partial charge in [-0.25, -0.2) is 9.50 Å². The minimum absolute atomic E-state index is 0.0346. The Kier molecular flexibility index (Phi) is 4.62. The fraction of sp³-hybridized carbons (Fsp3) is 0.667. The fourth-order valence-corrected chi connectivity index (χ4v) is 4.36. The van der Waals surface area contributed by atoms with Gasteiger partial charge in [-0.05, 0) is 25.7 Å². The normalized spacial score (nSPS) is 24.9. The number of nitrogens with one attached hydrogen (secondary N) is 1. The summed E-state index contributed by atoms with van der Waals surface area (Å²) in [6.45, 7) is 7.80. The molecule has 2 aromatic heterocycles. The van der Waals surface area contributed by atoms with Gasteiger partial charge < -0.3 is 4.74 Å². The van der Waals surface area contributed by atoms with E-state index in [1.807, 2.05) is 13.0 Å². The van der Waals surface area contributed by atoms with E-state index in [1.165, 1.54) is 17.4 Å². The first-order valence-electron chi connectivity index (χ1n) is 9.16. The van der Waals surface area contributed by atoms with E-state index in [9.17, 15) is 4.79 Å². The summed E-state index contributed by atoms with van der Waals surface area (Å²) in [6, 6.07) is 4.18. The molecule has 0 amide bonds.